The Morgan fingerprint density at radius 2 is 1.86 bits per heavy atom. The predicted octanol–water partition coefficient (Wildman–Crippen LogP) is 1.87. The first-order valence-corrected chi connectivity index (χ1v) is 11.1. The third-order valence-corrected chi connectivity index (χ3v) is 6.08. The van der Waals surface area contributed by atoms with Crippen molar-refractivity contribution in [2.24, 2.45) is 12.8 Å². The normalized spacial score (nSPS) is 14.5. The van der Waals surface area contributed by atoms with Gasteiger partial charge >= 0.3 is 11.7 Å². The van der Waals surface area contributed by atoms with Crippen molar-refractivity contribution >= 4 is 17.5 Å². The fourth-order valence-corrected chi connectivity index (χ4v) is 4.19. The monoisotopic (exact) mass is 490 g/mol. The number of aromatic nitrogens is 5. The number of anilines is 2. The second kappa shape index (κ2) is 8.98. The standard InChI is InChI=1S/C24H23FN8O3/c1-14-10-17(33-13-29-30(2)23(33)35)12-28-20(14)18-6-7-27-22(19(18)25)32-9-8-31(24(32)36)16-5-3-4-15(11-16)21(26)34/h3-7,10-13,21,34H,8-9,26H2,1-2H3. The summed E-state index contributed by atoms with van der Waals surface area (Å²) in [6.45, 7) is 2.28. The third kappa shape index (κ3) is 3.91. The molecule has 0 bridgehead atoms. The van der Waals surface area contributed by atoms with Crippen molar-refractivity contribution in [2.45, 2.75) is 13.2 Å². The van der Waals surface area contributed by atoms with Crippen LogP contribution in [0, 0.1) is 12.7 Å². The molecule has 12 heteroatoms. The van der Waals surface area contributed by atoms with E-state index >= 15 is 4.39 Å². The first-order valence-electron chi connectivity index (χ1n) is 11.1. The van der Waals surface area contributed by atoms with Gasteiger partial charge < -0.3 is 10.8 Å². The number of nitrogens with zero attached hydrogens (tertiary/aromatic N) is 7. The number of aryl methyl sites for hydroxylation is 2. The molecule has 3 aromatic heterocycles. The van der Waals surface area contributed by atoms with Crippen molar-refractivity contribution in [1.82, 2.24) is 24.3 Å². The number of pyridine rings is 2. The Labute approximate surface area is 204 Å². The first-order chi connectivity index (χ1) is 17.3. The Morgan fingerprint density at radius 1 is 1.08 bits per heavy atom. The minimum absolute atomic E-state index is 0.108. The molecule has 1 fully saturated rings. The van der Waals surface area contributed by atoms with Gasteiger partial charge in [0.05, 0.1) is 17.6 Å². The van der Waals surface area contributed by atoms with Crippen molar-refractivity contribution in [3.05, 3.63) is 82.5 Å². The van der Waals surface area contributed by atoms with E-state index in [4.69, 9.17) is 5.73 Å². The Hall–Kier alpha value is -4.42. The smallest absolute Gasteiger partial charge is 0.350 e. The highest BCUT2D eigenvalue weighted by atomic mass is 19.1. The summed E-state index contributed by atoms with van der Waals surface area (Å²) in [7, 11) is 1.54. The molecule has 1 aromatic carbocycles. The highest BCUT2D eigenvalue weighted by Gasteiger charge is 2.34. The van der Waals surface area contributed by atoms with Crippen LogP contribution in [0.25, 0.3) is 16.9 Å². The number of aliphatic hydroxyl groups excluding tert-OH is 1. The number of carbonyl (C=O) groups is 1. The van der Waals surface area contributed by atoms with Crippen LogP contribution in [0.3, 0.4) is 0 Å². The van der Waals surface area contributed by atoms with Gasteiger partial charge in [-0.05, 0) is 42.3 Å². The Morgan fingerprint density at radius 3 is 2.56 bits per heavy atom. The van der Waals surface area contributed by atoms with E-state index in [1.165, 1.54) is 43.8 Å². The van der Waals surface area contributed by atoms with Crippen molar-refractivity contribution in [3.8, 4) is 16.9 Å². The quantitative estimate of drug-likeness (QED) is 0.408. The molecule has 11 nitrogen and oxygen atoms in total. The molecule has 36 heavy (non-hydrogen) atoms. The lowest BCUT2D eigenvalue weighted by Gasteiger charge is -2.20. The van der Waals surface area contributed by atoms with Gasteiger partial charge in [-0.25, -0.2) is 28.2 Å². The summed E-state index contributed by atoms with van der Waals surface area (Å²) < 4.78 is 18.3. The summed E-state index contributed by atoms with van der Waals surface area (Å²) in [5, 5.41) is 13.6. The van der Waals surface area contributed by atoms with Crippen molar-refractivity contribution in [1.29, 1.82) is 0 Å². The molecule has 4 heterocycles. The maximum Gasteiger partial charge on any atom is 0.350 e. The number of amides is 2. The van der Waals surface area contributed by atoms with Crippen LogP contribution in [0.2, 0.25) is 0 Å². The Kier molecular flexibility index (Phi) is 5.82. The van der Waals surface area contributed by atoms with Crippen LogP contribution >= 0.6 is 0 Å². The van der Waals surface area contributed by atoms with Crippen LogP contribution in [0.1, 0.15) is 17.4 Å². The molecular weight excluding hydrogens is 467 g/mol. The summed E-state index contributed by atoms with van der Waals surface area (Å²) >= 11 is 0. The van der Waals surface area contributed by atoms with Gasteiger partial charge in [0.1, 0.15) is 12.6 Å². The topological polar surface area (TPSA) is 135 Å². The number of halogens is 1. The average Bonchev–Trinajstić information content (AvgIpc) is 3.41. The summed E-state index contributed by atoms with van der Waals surface area (Å²) in [6.07, 6.45) is 3.11. The summed E-state index contributed by atoms with van der Waals surface area (Å²) in [6, 6.07) is 9.44. The molecule has 4 aromatic rings. The van der Waals surface area contributed by atoms with Crippen molar-refractivity contribution in [2.75, 3.05) is 22.9 Å². The van der Waals surface area contributed by atoms with Gasteiger partial charge in [0, 0.05) is 37.6 Å². The Bertz CT molecular complexity index is 1530. The summed E-state index contributed by atoms with van der Waals surface area (Å²) in [5.41, 5.74) is 7.90. The van der Waals surface area contributed by atoms with E-state index in [1.54, 1.807) is 44.3 Å². The minimum atomic E-state index is -1.17. The highest BCUT2D eigenvalue weighted by molar-refractivity contribution is 6.05. The van der Waals surface area contributed by atoms with E-state index in [-0.39, 0.29) is 23.6 Å². The van der Waals surface area contributed by atoms with Crippen LogP contribution in [-0.4, -0.2) is 48.5 Å². The fraction of sp³-hybridized carbons (Fsp3) is 0.208. The Balaban J connectivity index is 1.46. The van der Waals surface area contributed by atoms with E-state index < -0.39 is 18.1 Å². The third-order valence-electron chi connectivity index (χ3n) is 6.08. The van der Waals surface area contributed by atoms with E-state index in [1.807, 2.05) is 0 Å². The number of rotatable bonds is 5. The lowest BCUT2D eigenvalue weighted by atomic mass is 10.1. The molecule has 1 unspecified atom stereocenters. The summed E-state index contributed by atoms with van der Waals surface area (Å²) in [5.74, 6) is -0.788. The van der Waals surface area contributed by atoms with Crippen LogP contribution in [0.5, 0.6) is 0 Å². The zero-order valence-corrected chi connectivity index (χ0v) is 19.5. The maximum atomic E-state index is 15.7. The van der Waals surface area contributed by atoms with E-state index in [0.29, 0.717) is 34.7 Å². The average molecular weight is 490 g/mol. The van der Waals surface area contributed by atoms with Gasteiger partial charge in [-0.15, -0.1) is 0 Å². The molecule has 0 saturated carbocycles. The zero-order valence-electron chi connectivity index (χ0n) is 19.5. The molecular formula is C24H23FN8O3. The number of benzene rings is 1. The van der Waals surface area contributed by atoms with Gasteiger partial charge in [-0.1, -0.05) is 12.1 Å². The molecule has 1 saturated heterocycles. The molecule has 5 rings (SSSR count). The van der Waals surface area contributed by atoms with E-state index in [2.05, 4.69) is 15.1 Å². The van der Waals surface area contributed by atoms with Crippen molar-refractivity contribution < 1.29 is 14.3 Å². The second-order valence-corrected chi connectivity index (χ2v) is 8.39. The summed E-state index contributed by atoms with van der Waals surface area (Å²) in [4.78, 5) is 36.7. The highest BCUT2D eigenvalue weighted by Crippen LogP contribution is 2.32. The molecule has 0 spiro atoms. The van der Waals surface area contributed by atoms with E-state index in [9.17, 15) is 14.7 Å². The van der Waals surface area contributed by atoms with Gasteiger partial charge in [0.25, 0.3) is 0 Å². The number of urea groups is 1. The maximum absolute atomic E-state index is 15.7. The van der Waals surface area contributed by atoms with Gasteiger partial charge in [0.2, 0.25) is 0 Å². The largest absolute Gasteiger partial charge is 0.375 e. The van der Waals surface area contributed by atoms with Crippen LogP contribution < -0.4 is 21.2 Å². The molecule has 0 radical (unpaired) electrons. The van der Waals surface area contributed by atoms with Gasteiger partial charge in [0.15, 0.2) is 11.6 Å². The molecule has 1 aliphatic heterocycles. The second-order valence-electron chi connectivity index (χ2n) is 8.39. The number of carbonyl (C=O) groups excluding carboxylic acids is 1. The lowest BCUT2D eigenvalue weighted by molar-refractivity contribution is 0.186. The first kappa shape index (κ1) is 23.3. The van der Waals surface area contributed by atoms with Crippen LogP contribution in [0.15, 0.2) is 59.9 Å². The number of nitrogens with two attached hydrogens (primary N) is 1. The zero-order chi connectivity index (χ0) is 25.6. The number of hydrogen-bond donors (Lipinski definition) is 2. The van der Waals surface area contributed by atoms with Crippen LogP contribution in [0.4, 0.5) is 20.7 Å². The van der Waals surface area contributed by atoms with Crippen LogP contribution in [-0.2, 0) is 7.05 Å². The van der Waals surface area contributed by atoms with E-state index in [0.717, 1.165) is 0 Å². The fourth-order valence-electron chi connectivity index (χ4n) is 4.19. The molecule has 0 aliphatic carbocycles. The lowest BCUT2D eigenvalue weighted by Crippen LogP contribution is -2.33. The van der Waals surface area contributed by atoms with Crippen molar-refractivity contribution in [3.63, 3.8) is 0 Å². The molecule has 2 amide bonds. The molecule has 184 valence electrons. The molecule has 1 atom stereocenters. The minimum Gasteiger partial charge on any atom is -0.375 e. The number of aliphatic hydroxyl groups is 1. The van der Waals surface area contributed by atoms with Gasteiger partial charge in [-0.2, -0.15) is 5.10 Å². The number of hydrogen-bond acceptors (Lipinski definition) is 7. The predicted molar refractivity (Wildman–Crippen MR) is 130 cm³/mol. The SMILES string of the molecule is Cc1cc(-n2cnn(C)c2=O)cnc1-c1ccnc(N2CCN(c3cccc(C(N)O)c3)C2=O)c1F. The van der Waals surface area contributed by atoms with Gasteiger partial charge in [-0.3, -0.25) is 14.8 Å². The molecule has 3 N–H and O–H groups in total. The molecule has 1 aliphatic rings.